The van der Waals surface area contributed by atoms with Crippen molar-refractivity contribution in [1.29, 1.82) is 0 Å². The molecule has 0 radical (unpaired) electrons. The summed E-state index contributed by atoms with van der Waals surface area (Å²) < 4.78 is 38.2. The minimum absolute atomic E-state index is 0.481. The number of rotatable bonds is 9. The van der Waals surface area contributed by atoms with Crippen molar-refractivity contribution in [3.63, 3.8) is 0 Å². The third-order valence-corrected chi connectivity index (χ3v) is 12.3. The van der Waals surface area contributed by atoms with Crippen LogP contribution in [-0.4, -0.2) is 19.6 Å². The molecule has 2 rings (SSSR count). The van der Waals surface area contributed by atoms with Gasteiger partial charge in [0.2, 0.25) is 0 Å². The molecule has 1 atom stereocenters. The molecule has 0 amide bonds. The summed E-state index contributed by atoms with van der Waals surface area (Å²) >= 11 is 0. The second-order valence-electron chi connectivity index (χ2n) is 7.10. The molecule has 0 saturated carbocycles. The fourth-order valence-electron chi connectivity index (χ4n) is 3.91. The summed E-state index contributed by atoms with van der Waals surface area (Å²) in [6.45, 7) is 7.61. The number of aromatic nitrogens is 1. The molecule has 1 heterocycles. The van der Waals surface area contributed by atoms with Crippen LogP contribution in [0, 0.1) is 0 Å². The van der Waals surface area contributed by atoms with Gasteiger partial charge in [-0.05, 0) is 48.4 Å². The van der Waals surface area contributed by atoms with Crippen molar-refractivity contribution in [3.8, 4) is 0 Å². The molecule has 0 spiro atoms. The molecule has 27 heavy (non-hydrogen) atoms. The van der Waals surface area contributed by atoms with Gasteiger partial charge < -0.3 is 5.32 Å². The molecule has 0 fully saturated rings. The highest BCUT2D eigenvalue weighted by atomic mass is 28.3. The van der Waals surface area contributed by atoms with Crippen molar-refractivity contribution in [2.75, 3.05) is 11.9 Å². The molecule has 1 aromatic carbocycles. The number of nitrogens with one attached hydrogen (secondary N) is 1. The summed E-state index contributed by atoms with van der Waals surface area (Å²) in [4.78, 5) is 4.50. The number of alkyl halides is 3. The van der Waals surface area contributed by atoms with Gasteiger partial charge >= 0.3 is 6.18 Å². The number of hydrogen-bond donors (Lipinski definition) is 1. The lowest BCUT2D eigenvalue weighted by molar-refractivity contribution is -0.137. The summed E-state index contributed by atoms with van der Waals surface area (Å²) in [5, 5.41) is 3.39. The third kappa shape index (κ3) is 5.58. The summed E-state index contributed by atoms with van der Waals surface area (Å²) in [5.41, 5.74) is 1.69. The minimum atomic E-state index is -4.30. The quantitative estimate of drug-likeness (QED) is 0.483. The van der Waals surface area contributed by atoms with Gasteiger partial charge in [-0.2, -0.15) is 13.2 Å². The Morgan fingerprint density at radius 3 is 2.07 bits per heavy atom. The van der Waals surface area contributed by atoms with Crippen LogP contribution in [0.4, 0.5) is 18.9 Å². The van der Waals surface area contributed by atoms with Crippen LogP contribution in [0.5, 0.6) is 0 Å². The lowest BCUT2D eigenvalue weighted by Crippen LogP contribution is -2.42. The Hall–Kier alpha value is -1.82. The number of pyridine rings is 1. The van der Waals surface area contributed by atoms with Crippen LogP contribution in [0.25, 0.3) is 0 Å². The molecule has 0 aliphatic rings. The normalized spacial score (nSPS) is 13.4. The molecule has 0 saturated heterocycles. The van der Waals surface area contributed by atoms with Crippen LogP contribution in [-0.2, 0) is 12.6 Å². The van der Waals surface area contributed by atoms with Crippen molar-refractivity contribution in [2.45, 2.75) is 57.0 Å². The van der Waals surface area contributed by atoms with E-state index in [4.69, 9.17) is 0 Å². The first kappa shape index (κ1) is 21.5. The zero-order valence-electron chi connectivity index (χ0n) is 16.3. The van der Waals surface area contributed by atoms with Crippen LogP contribution >= 0.6 is 0 Å². The van der Waals surface area contributed by atoms with Gasteiger partial charge in [0.25, 0.3) is 0 Å². The Morgan fingerprint density at radius 2 is 1.59 bits per heavy atom. The molecule has 148 valence electrons. The average molecular weight is 395 g/mol. The Balaban J connectivity index is 2.16. The van der Waals surface area contributed by atoms with E-state index in [1.807, 2.05) is 18.3 Å². The van der Waals surface area contributed by atoms with Crippen LogP contribution in [0.2, 0.25) is 23.7 Å². The van der Waals surface area contributed by atoms with E-state index < -0.39 is 19.8 Å². The summed E-state index contributed by atoms with van der Waals surface area (Å²) in [7, 11) is -1.51. The first-order valence-electron chi connectivity index (χ1n) is 9.65. The third-order valence-electron chi connectivity index (χ3n) is 5.92. The summed E-state index contributed by atoms with van der Waals surface area (Å²) in [6.07, 6.45) is -1.56. The fourth-order valence-corrected chi connectivity index (χ4v) is 8.32. The van der Waals surface area contributed by atoms with Gasteiger partial charge in [-0.1, -0.05) is 45.0 Å². The molecule has 2 aromatic rings. The highest BCUT2D eigenvalue weighted by Gasteiger charge is 2.36. The maximum atomic E-state index is 12.7. The predicted molar refractivity (Wildman–Crippen MR) is 109 cm³/mol. The molecule has 2 nitrogen and oxygen atoms in total. The smallest absolute Gasteiger partial charge is 0.385 e. The zero-order chi connectivity index (χ0) is 19.9. The van der Waals surface area contributed by atoms with Crippen molar-refractivity contribution in [2.24, 2.45) is 0 Å². The molecular formula is C21H29F3N2Si. The van der Waals surface area contributed by atoms with Crippen LogP contribution in [0.1, 0.15) is 32.0 Å². The van der Waals surface area contributed by atoms with E-state index in [2.05, 4.69) is 37.1 Å². The Morgan fingerprint density at radius 1 is 0.963 bits per heavy atom. The minimum Gasteiger partial charge on any atom is -0.385 e. The van der Waals surface area contributed by atoms with Gasteiger partial charge in [-0.3, -0.25) is 4.98 Å². The monoisotopic (exact) mass is 394 g/mol. The Bertz CT molecular complexity index is 675. The maximum absolute atomic E-state index is 12.7. The first-order valence-corrected chi connectivity index (χ1v) is 12.4. The van der Waals surface area contributed by atoms with Crippen molar-refractivity contribution in [1.82, 2.24) is 4.98 Å². The average Bonchev–Trinajstić information content (AvgIpc) is 2.68. The van der Waals surface area contributed by atoms with Gasteiger partial charge in [0.15, 0.2) is 0 Å². The predicted octanol–water partition coefficient (Wildman–Crippen LogP) is 6.63. The molecule has 0 unspecified atom stereocenters. The van der Waals surface area contributed by atoms with Crippen molar-refractivity contribution >= 4 is 13.8 Å². The van der Waals surface area contributed by atoms with E-state index in [-0.39, 0.29) is 0 Å². The van der Waals surface area contributed by atoms with Gasteiger partial charge in [0.05, 0.1) is 13.6 Å². The number of nitrogens with zero attached hydrogens (tertiary/aromatic N) is 1. The summed E-state index contributed by atoms with van der Waals surface area (Å²) in [5.74, 6) is 0. The molecule has 1 N–H and O–H groups in total. The highest BCUT2D eigenvalue weighted by Crippen LogP contribution is 2.36. The summed E-state index contributed by atoms with van der Waals surface area (Å²) in [6, 6.07) is 14.9. The molecule has 0 aliphatic carbocycles. The molecular weight excluding hydrogens is 365 g/mol. The SMILES string of the molecule is CC[Si](CC)(CC)[C@@H](CNc1ccc(C(F)(F)F)cc1)Cc1ccccn1. The fraction of sp³-hybridized carbons (Fsp3) is 0.476. The van der Waals surface area contributed by atoms with Gasteiger partial charge in [-0.15, -0.1) is 0 Å². The zero-order valence-corrected chi connectivity index (χ0v) is 17.3. The standard InChI is InChI=1S/C21H29F3N2Si/c1-4-27(5-2,6-3)20(15-19-9-7-8-14-25-19)16-26-18-12-10-17(11-13-18)21(22,23)24/h7-14,20,26H,4-6,15-16H2,1-3H3/t20-/m1/s1. The first-order chi connectivity index (χ1) is 12.8. The Labute approximate surface area is 161 Å². The number of anilines is 1. The largest absolute Gasteiger partial charge is 0.416 e. The van der Waals surface area contributed by atoms with Crippen molar-refractivity contribution in [3.05, 3.63) is 59.9 Å². The Kier molecular flexibility index (Phi) is 7.47. The van der Waals surface area contributed by atoms with Crippen LogP contribution in [0.3, 0.4) is 0 Å². The molecule has 1 aromatic heterocycles. The number of halogens is 3. The topological polar surface area (TPSA) is 24.9 Å². The van der Waals surface area contributed by atoms with Crippen molar-refractivity contribution < 1.29 is 13.2 Å². The lowest BCUT2D eigenvalue weighted by Gasteiger charge is -2.37. The van der Waals surface area contributed by atoms with Gasteiger partial charge in [0.1, 0.15) is 0 Å². The molecule has 6 heteroatoms. The van der Waals surface area contributed by atoms with Gasteiger partial charge in [-0.25, -0.2) is 0 Å². The molecule has 0 bridgehead atoms. The van der Waals surface area contributed by atoms with Crippen LogP contribution < -0.4 is 5.32 Å². The van der Waals surface area contributed by atoms with E-state index in [0.717, 1.165) is 36.5 Å². The molecule has 0 aliphatic heterocycles. The van der Waals surface area contributed by atoms with E-state index in [1.165, 1.54) is 30.3 Å². The number of hydrogen-bond acceptors (Lipinski definition) is 2. The van der Waals surface area contributed by atoms with Crippen LogP contribution in [0.15, 0.2) is 48.7 Å². The van der Waals surface area contributed by atoms with E-state index in [1.54, 1.807) is 0 Å². The lowest BCUT2D eigenvalue weighted by atomic mass is 10.2. The second-order valence-corrected chi connectivity index (χ2v) is 12.8. The van der Waals surface area contributed by atoms with E-state index in [9.17, 15) is 13.2 Å². The van der Waals surface area contributed by atoms with Gasteiger partial charge in [0, 0.05) is 24.1 Å². The van der Waals surface area contributed by atoms with E-state index >= 15 is 0 Å². The number of benzene rings is 1. The maximum Gasteiger partial charge on any atom is 0.416 e. The second kappa shape index (κ2) is 9.40. The highest BCUT2D eigenvalue weighted by molar-refractivity contribution is 6.81. The van der Waals surface area contributed by atoms with E-state index in [0.29, 0.717) is 5.54 Å².